The van der Waals surface area contributed by atoms with Crippen molar-refractivity contribution in [1.82, 2.24) is 0 Å². The van der Waals surface area contributed by atoms with Gasteiger partial charge in [0.2, 0.25) is 0 Å². The van der Waals surface area contributed by atoms with Crippen molar-refractivity contribution in [1.29, 1.82) is 0 Å². The molecule has 0 aliphatic heterocycles. The van der Waals surface area contributed by atoms with Crippen LogP contribution in [0.15, 0.2) is 35.1 Å². The Morgan fingerprint density at radius 2 is 2.10 bits per heavy atom. The summed E-state index contributed by atoms with van der Waals surface area (Å²) >= 11 is 0. The monoisotopic (exact) mass is 281 g/mol. The normalized spacial score (nSPS) is 16.4. The van der Waals surface area contributed by atoms with Crippen LogP contribution in [-0.4, -0.2) is 37.0 Å². The molecule has 108 valence electrons. The highest BCUT2D eigenvalue weighted by Gasteiger charge is 2.24. The first kappa shape index (κ1) is 15.8. The van der Waals surface area contributed by atoms with Crippen LogP contribution in [0.4, 0.5) is 0 Å². The summed E-state index contributed by atoms with van der Waals surface area (Å²) in [5.41, 5.74) is 0.0462. The van der Waals surface area contributed by atoms with Gasteiger partial charge in [0.1, 0.15) is 12.2 Å². The Kier molecular flexibility index (Phi) is 5.79. The summed E-state index contributed by atoms with van der Waals surface area (Å²) < 4.78 is 9.62. The van der Waals surface area contributed by atoms with Crippen molar-refractivity contribution in [2.75, 3.05) is 20.3 Å². The number of ether oxygens (including phenoxy) is 2. The lowest BCUT2D eigenvalue weighted by Crippen LogP contribution is -2.19. The van der Waals surface area contributed by atoms with Gasteiger partial charge in [-0.2, -0.15) is 0 Å². The quantitative estimate of drug-likeness (QED) is 0.138. The van der Waals surface area contributed by atoms with Crippen molar-refractivity contribution in [2.24, 2.45) is 0 Å². The van der Waals surface area contributed by atoms with Gasteiger partial charge in [0.25, 0.3) is 5.70 Å². The molecule has 0 N–H and O–H groups in total. The molecule has 1 aliphatic carbocycles. The number of esters is 1. The number of rotatable bonds is 6. The Morgan fingerprint density at radius 3 is 2.65 bits per heavy atom. The van der Waals surface area contributed by atoms with E-state index in [9.17, 15) is 19.7 Å². The predicted molar refractivity (Wildman–Crippen MR) is 69.4 cm³/mol. The molecular weight excluding hydrogens is 266 g/mol. The average Bonchev–Trinajstić information content (AvgIpc) is 2.39. The van der Waals surface area contributed by atoms with Gasteiger partial charge in [-0.1, -0.05) is 12.2 Å². The van der Waals surface area contributed by atoms with Gasteiger partial charge in [-0.15, -0.1) is 0 Å². The van der Waals surface area contributed by atoms with Crippen LogP contribution >= 0.6 is 0 Å². The van der Waals surface area contributed by atoms with Gasteiger partial charge in [-0.05, 0) is 12.5 Å². The first-order chi connectivity index (χ1) is 9.47. The third-order valence-corrected chi connectivity index (χ3v) is 2.59. The molecule has 0 unspecified atom stereocenters. The van der Waals surface area contributed by atoms with E-state index in [1.54, 1.807) is 0 Å². The summed E-state index contributed by atoms with van der Waals surface area (Å²) in [6, 6.07) is 0. The highest BCUT2D eigenvalue weighted by Crippen LogP contribution is 2.22. The summed E-state index contributed by atoms with van der Waals surface area (Å²) in [5.74, 6) is -1.28. The predicted octanol–water partition coefficient (Wildman–Crippen LogP) is 1.18. The van der Waals surface area contributed by atoms with Gasteiger partial charge >= 0.3 is 5.97 Å². The lowest BCUT2D eigenvalue weighted by Gasteiger charge is -2.11. The largest absolute Gasteiger partial charge is 0.460 e. The van der Waals surface area contributed by atoms with Crippen LogP contribution < -0.4 is 0 Å². The second kappa shape index (κ2) is 7.34. The molecule has 0 aromatic carbocycles. The fourth-order valence-corrected chi connectivity index (χ4v) is 1.68. The average molecular weight is 281 g/mol. The number of nitro groups is 1. The molecule has 1 aliphatic rings. The molecule has 0 radical (unpaired) electrons. The fourth-order valence-electron chi connectivity index (χ4n) is 1.68. The number of hydrogen-bond acceptors (Lipinski definition) is 6. The van der Waals surface area contributed by atoms with Crippen LogP contribution in [0.5, 0.6) is 0 Å². The fraction of sp³-hybridized carbons (Fsp3) is 0.385. The van der Waals surface area contributed by atoms with Crippen molar-refractivity contribution in [3.05, 3.63) is 45.2 Å². The SMILES string of the molecule is COCCOC(=O)C(C(C)=O)=C1C=CC=C([N+](=O)[O-])C1. The number of nitrogens with zero attached hydrogens (tertiary/aromatic N) is 1. The molecular formula is C13H15NO6. The summed E-state index contributed by atoms with van der Waals surface area (Å²) in [7, 11) is 1.45. The molecule has 0 saturated heterocycles. The minimum Gasteiger partial charge on any atom is -0.460 e. The number of carbonyl (C=O) groups excluding carboxylic acids is 2. The van der Waals surface area contributed by atoms with Crippen molar-refractivity contribution in [2.45, 2.75) is 13.3 Å². The third kappa shape index (κ3) is 4.13. The van der Waals surface area contributed by atoms with Crippen molar-refractivity contribution in [3.63, 3.8) is 0 Å². The maximum Gasteiger partial charge on any atom is 0.342 e. The van der Waals surface area contributed by atoms with E-state index in [1.165, 1.54) is 32.3 Å². The molecule has 20 heavy (non-hydrogen) atoms. The van der Waals surface area contributed by atoms with Crippen LogP contribution in [0.2, 0.25) is 0 Å². The second-order valence-electron chi connectivity index (χ2n) is 4.04. The molecule has 0 aromatic rings. The second-order valence-corrected chi connectivity index (χ2v) is 4.04. The Morgan fingerprint density at radius 1 is 1.40 bits per heavy atom. The Hall–Kier alpha value is -2.28. The number of carbonyl (C=O) groups is 2. The van der Waals surface area contributed by atoms with Gasteiger partial charge in [0.15, 0.2) is 5.78 Å². The smallest absolute Gasteiger partial charge is 0.342 e. The molecule has 0 atom stereocenters. The molecule has 1 rings (SSSR count). The van der Waals surface area contributed by atoms with E-state index < -0.39 is 16.7 Å². The molecule has 7 nitrogen and oxygen atoms in total. The number of Topliss-reactive ketones (excluding diaryl/α,β-unsaturated/α-hetero) is 1. The van der Waals surface area contributed by atoms with Crippen molar-refractivity contribution >= 4 is 11.8 Å². The zero-order chi connectivity index (χ0) is 15.1. The van der Waals surface area contributed by atoms with E-state index in [2.05, 4.69) is 0 Å². The van der Waals surface area contributed by atoms with E-state index >= 15 is 0 Å². The molecule has 0 heterocycles. The number of ketones is 1. The van der Waals surface area contributed by atoms with Gasteiger partial charge in [0, 0.05) is 13.2 Å². The van der Waals surface area contributed by atoms with E-state index in [0.717, 1.165) is 0 Å². The molecule has 7 heteroatoms. The summed E-state index contributed by atoms with van der Waals surface area (Å²) in [6.45, 7) is 1.45. The minimum absolute atomic E-state index is 0.0149. The zero-order valence-corrected chi connectivity index (χ0v) is 11.3. The Bertz CT molecular complexity index is 515. The number of allylic oxidation sites excluding steroid dienone is 4. The van der Waals surface area contributed by atoms with E-state index in [0.29, 0.717) is 0 Å². The van der Waals surface area contributed by atoms with Crippen LogP contribution in [0.1, 0.15) is 13.3 Å². The van der Waals surface area contributed by atoms with E-state index in [4.69, 9.17) is 9.47 Å². The highest BCUT2D eigenvalue weighted by molar-refractivity contribution is 6.17. The Balaban J connectivity index is 2.96. The maximum absolute atomic E-state index is 11.9. The first-order valence-electron chi connectivity index (χ1n) is 5.89. The standard InChI is InChI=1S/C13H15NO6/c1-9(15)12(13(16)20-7-6-19-2)10-4-3-5-11(8-10)14(17)18/h3-5H,6-8H2,1-2H3. The molecule has 0 saturated carbocycles. The zero-order valence-electron chi connectivity index (χ0n) is 11.3. The molecule has 0 bridgehead atoms. The molecule has 0 spiro atoms. The van der Waals surface area contributed by atoms with Crippen molar-refractivity contribution in [3.8, 4) is 0 Å². The van der Waals surface area contributed by atoms with Crippen LogP contribution in [-0.2, 0) is 19.1 Å². The molecule has 0 aromatic heterocycles. The number of methoxy groups -OCH3 is 1. The van der Waals surface area contributed by atoms with Crippen LogP contribution in [0.25, 0.3) is 0 Å². The topological polar surface area (TPSA) is 95.7 Å². The van der Waals surface area contributed by atoms with Gasteiger partial charge in [-0.3, -0.25) is 14.9 Å². The first-order valence-corrected chi connectivity index (χ1v) is 5.89. The van der Waals surface area contributed by atoms with E-state index in [-0.39, 0.29) is 36.5 Å². The van der Waals surface area contributed by atoms with E-state index in [1.807, 2.05) is 0 Å². The minimum atomic E-state index is -0.793. The lowest BCUT2D eigenvalue weighted by atomic mass is 9.97. The van der Waals surface area contributed by atoms with Crippen molar-refractivity contribution < 1.29 is 24.0 Å². The summed E-state index contributed by atoms with van der Waals surface area (Å²) in [6.07, 6.45) is 4.18. The van der Waals surface area contributed by atoms with Gasteiger partial charge in [-0.25, -0.2) is 4.79 Å². The lowest BCUT2D eigenvalue weighted by molar-refractivity contribution is -0.427. The van der Waals surface area contributed by atoms with Gasteiger partial charge in [0.05, 0.1) is 18.0 Å². The molecule has 0 amide bonds. The summed E-state index contributed by atoms with van der Waals surface area (Å²) in [4.78, 5) is 33.6. The Labute approximate surface area is 115 Å². The highest BCUT2D eigenvalue weighted by atomic mass is 16.6. The van der Waals surface area contributed by atoms with Crippen LogP contribution in [0, 0.1) is 10.1 Å². The maximum atomic E-state index is 11.9. The third-order valence-electron chi connectivity index (χ3n) is 2.59. The number of hydrogen-bond donors (Lipinski definition) is 0. The van der Waals surface area contributed by atoms with Crippen LogP contribution in [0.3, 0.4) is 0 Å². The summed E-state index contributed by atoms with van der Waals surface area (Å²) in [5, 5.41) is 10.7. The van der Waals surface area contributed by atoms with Gasteiger partial charge < -0.3 is 9.47 Å². The molecule has 0 fully saturated rings.